The lowest BCUT2D eigenvalue weighted by Crippen LogP contribution is -2.32. The summed E-state index contributed by atoms with van der Waals surface area (Å²) in [5, 5.41) is 2.80. The van der Waals surface area contributed by atoms with E-state index in [1.54, 1.807) is 4.90 Å². The zero-order chi connectivity index (χ0) is 21.0. The van der Waals surface area contributed by atoms with Crippen LogP contribution >= 0.6 is 0 Å². The van der Waals surface area contributed by atoms with E-state index in [1.807, 2.05) is 69.3 Å². The molecule has 1 aliphatic rings. The summed E-state index contributed by atoms with van der Waals surface area (Å²) >= 11 is 0. The molecule has 0 unspecified atom stereocenters. The molecule has 1 saturated heterocycles. The van der Waals surface area contributed by atoms with Crippen LogP contribution < -0.4 is 10.2 Å². The van der Waals surface area contributed by atoms with Crippen molar-refractivity contribution in [3.05, 3.63) is 65.2 Å². The Balaban J connectivity index is 1.51. The molecule has 6 nitrogen and oxygen atoms in total. The Hall–Kier alpha value is -3.15. The van der Waals surface area contributed by atoms with Crippen molar-refractivity contribution in [3.8, 4) is 0 Å². The Labute approximate surface area is 170 Å². The molecule has 2 atom stereocenters. The van der Waals surface area contributed by atoms with E-state index < -0.39 is 11.9 Å². The van der Waals surface area contributed by atoms with Crippen molar-refractivity contribution >= 4 is 23.5 Å². The van der Waals surface area contributed by atoms with Gasteiger partial charge in [0.2, 0.25) is 5.91 Å². The zero-order valence-electron chi connectivity index (χ0n) is 17.0. The maximum absolute atomic E-state index is 12.4. The predicted octanol–water partition coefficient (Wildman–Crippen LogP) is 3.08. The lowest BCUT2D eigenvalue weighted by Gasteiger charge is -2.18. The van der Waals surface area contributed by atoms with E-state index in [0.29, 0.717) is 0 Å². The van der Waals surface area contributed by atoms with Crippen molar-refractivity contribution in [3.63, 3.8) is 0 Å². The first kappa shape index (κ1) is 20.6. The standard InChI is InChI=1S/C23H26N2O4/c1-15-9-10-20(11-16(15)2)25-13-19(12-22(25)27)23(28)29-14-21(26)24-17(3)18-7-5-4-6-8-18/h4-11,17,19H,12-14H2,1-3H3,(H,24,26)/t17-,19+/m0/s1. The van der Waals surface area contributed by atoms with Crippen LogP contribution in [-0.2, 0) is 19.1 Å². The number of hydrogen-bond donors (Lipinski definition) is 1. The second kappa shape index (κ2) is 8.90. The number of carbonyl (C=O) groups excluding carboxylic acids is 3. The summed E-state index contributed by atoms with van der Waals surface area (Å²) in [6, 6.07) is 15.1. The second-order valence-corrected chi connectivity index (χ2v) is 7.48. The van der Waals surface area contributed by atoms with Crippen LogP contribution in [0.25, 0.3) is 0 Å². The fourth-order valence-corrected chi connectivity index (χ4v) is 3.37. The van der Waals surface area contributed by atoms with Crippen molar-refractivity contribution in [2.75, 3.05) is 18.1 Å². The summed E-state index contributed by atoms with van der Waals surface area (Å²) in [6.45, 7) is 5.77. The molecule has 1 aliphatic heterocycles. The third-order valence-corrected chi connectivity index (χ3v) is 5.28. The van der Waals surface area contributed by atoms with Crippen molar-refractivity contribution in [1.82, 2.24) is 5.32 Å². The number of nitrogens with zero attached hydrogens (tertiary/aromatic N) is 1. The van der Waals surface area contributed by atoms with E-state index in [1.165, 1.54) is 0 Å². The third-order valence-electron chi connectivity index (χ3n) is 5.28. The molecule has 0 aliphatic carbocycles. The molecule has 1 heterocycles. The smallest absolute Gasteiger partial charge is 0.311 e. The fraction of sp³-hybridized carbons (Fsp3) is 0.348. The van der Waals surface area contributed by atoms with E-state index >= 15 is 0 Å². The quantitative estimate of drug-likeness (QED) is 0.764. The van der Waals surface area contributed by atoms with E-state index in [4.69, 9.17) is 4.74 Å². The number of esters is 1. The molecule has 0 saturated carbocycles. The second-order valence-electron chi connectivity index (χ2n) is 7.48. The van der Waals surface area contributed by atoms with Crippen molar-refractivity contribution in [1.29, 1.82) is 0 Å². The zero-order valence-corrected chi connectivity index (χ0v) is 17.0. The van der Waals surface area contributed by atoms with Gasteiger partial charge in [0.15, 0.2) is 6.61 Å². The maximum Gasteiger partial charge on any atom is 0.311 e. The van der Waals surface area contributed by atoms with Gasteiger partial charge < -0.3 is 15.0 Å². The maximum atomic E-state index is 12.4. The highest BCUT2D eigenvalue weighted by Gasteiger charge is 2.36. The summed E-state index contributed by atoms with van der Waals surface area (Å²) < 4.78 is 5.17. The van der Waals surface area contributed by atoms with Gasteiger partial charge in [-0.2, -0.15) is 0 Å². The van der Waals surface area contributed by atoms with Gasteiger partial charge in [-0.3, -0.25) is 14.4 Å². The molecule has 6 heteroatoms. The SMILES string of the molecule is Cc1ccc(N2C[C@H](C(=O)OCC(=O)N[C@@H](C)c3ccccc3)CC2=O)cc1C. The summed E-state index contributed by atoms with van der Waals surface area (Å²) in [5.74, 6) is -1.57. The van der Waals surface area contributed by atoms with Crippen LogP contribution in [0.15, 0.2) is 48.5 Å². The van der Waals surface area contributed by atoms with E-state index in [9.17, 15) is 14.4 Å². The van der Waals surface area contributed by atoms with Gasteiger partial charge in [-0.15, -0.1) is 0 Å². The van der Waals surface area contributed by atoms with Crippen LogP contribution in [0, 0.1) is 19.8 Å². The fourth-order valence-electron chi connectivity index (χ4n) is 3.37. The number of carbonyl (C=O) groups is 3. The number of hydrogen-bond acceptors (Lipinski definition) is 4. The number of ether oxygens (including phenoxy) is 1. The van der Waals surface area contributed by atoms with Gasteiger partial charge in [-0.1, -0.05) is 36.4 Å². The van der Waals surface area contributed by atoms with Gasteiger partial charge in [-0.25, -0.2) is 0 Å². The molecule has 1 N–H and O–H groups in total. The normalized spacial score (nSPS) is 17.1. The monoisotopic (exact) mass is 394 g/mol. The molecule has 0 radical (unpaired) electrons. The molecule has 1 fully saturated rings. The first-order valence-electron chi connectivity index (χ1n) is 9.73. The average molecular weight is 394 g/mol. The Bertz CT molecular complexity index is 910. The Morgan fingerprint density at radius 3 is 2.55 bits per heavy atom. The van der Waals surface area contributed by atoms with Crippen molar-refractivity contribution in [2.45, 2.75) is 33.2 Å². The first-order chi connectivity index (χ1) is 13.8. The van der Waals surface area contributed by atoms with Crippen LogP contribution in [0.2, 0.25) is 0 Å². The Morgan fingerprint density at radius 2 is 1.86 bits per heavy atom. The summed E-state index contributed by atoms with van der Waals surface area (Å²) in [6.07, 6.45) is 0.0911. The topological polar surface area (TPSA) is 75.7 Å². The Morgan fingerprint density at radius 1 is 1.14 bits per heavy atom. The minimum atomic E-state index is -0.566. The molecule has 3 rings (SSSR count). The van der Waals surface area contributed by atoms with Gasteiger partial charge in [0.05, 0.1) is 12.0 Å². The molecule has 0 spiro atoms. The summed E-state index contributed by atoms with van der Waals surface area (Å²) in [7, 11) is 0. The van der Waals surface area contributed by atoms with Gasteiger partial charge in [0, 0.05) is 18.7 Å². The molecule has 152 valence electrons. The summed E-state index contributed by atoms with van der Waals surface area (Å²) in [5.41, 5.74) is 3.98. The molecule has 2 aromatic rings. The number of nitrogens with one attached hydrogen (secondary N) is 1. The predicted molar refractivity (Wildman–Crippen MR) is 110 cm³/mol. The van der Waals surface area contributed by atoms with Gasteiger partial charge in [0.25, 0.3) is 5.91 Å². The molecular weight excluding hydrogens is 368 g/mol. The van der Waals surface area contributed by atoms with Gasteiger partial charge in [0.1, 0.15) is 0 Å². The van der Waals surface area contributed by atoms with E-state index in [2.05, 4.69) is 5.32 Å². The van der Waals surface area contributed by atoms with Crippen LogP contribution in [-0.4, -0.2) is 30.9 Å². The number of anilines is 1. The minimum absolute atomic E-state index is 0.0911. The molecule has 2 amide bonds. The highest BCUT2D eigenvalue weighted by molar-refractivity contribution is 5.99. The average Bonchev–Trinajstić information content (AvgIpc) is 3.10. The molecule has 2 aromatic carbocycles. The molecular formula is C23H26N2O4. The Kier molecular flexibility index (Phi) is 6.32. The third kappa shape index (κ3) is 5.02. The van der Waals surface area contributed by atoms with E-state index in [-0.39, 0.29) is 37.4 Å². The summed E-state index contributed by atoms with van der Waals surface area (Å²) in [4.78, 5) is 38.4. The minimum Gasteiger partial charge on any atom is -0.455 e. The highest BCUT2D eigenvalue weighted by Crippen LogP contribution is 2.27. The van der Waals surface area contributed by atoms with Crippen LogP contribution in [0.4, 0.5) is 5.69 Å². The van der Waals surface area contributed by atoms with Crippen molar-refractivity contribution < 1.29 is 19.1 Å². The lowest BCUT2D eigenvalue weighted by atomic mass is 10.1. The number of aryl methyl sites for hydroxylation is 2. The number of benzene rings is 2. The first-order valence-corrected chi connectivity index (χ1v) is 9.73. The number of rotatable bonds is 6. The molecule has 29 heavy (non-hydrogen) atoms. The molecule has 0 aromatic heterocycles. The highest BCUT2D eigenvalue weighted by atomic mass is 16.5. The van der Waals surface area contributed by atoms with Crippen LogP contribution in [0.3, 0.4) is 0 Å². The lowest BCUT2D eigenvalue weighted by molar-refractivity contribution is -0.152. The van der Waals surface area contributed by atoms with Crippen LogP contribution in [0.5, 0.6) is 0 Å². The number of amides is 2. The van der Waals surface area contributed by atoms with Crippen LogP contribution in [0.1, 0.15) is 36.1 Å². The van der Waals surface area contributed by atoms with Crippen molar-refractivity contribution in [2.24, 2.45) is 5.92 Å². The molecule has 0 bridgehead atoms. The van der Waals surface area contributed by atoms with E-state index in [0.717, 1.165) is 22.4 Å². The van der Waals surface area contributed by atoms with Gasteiger partial charge in [-0.05, 0) is 49.6 Å². The van der Waals surface area contributed by atoms with Gasteiger partial charge >= 0.3 is 5.97 Å². The largest absolute Gasteiger partial charge is 0.455 e.